The molecule has 0 fully saturated rings. The number of rotatable bonds is 0. The van der Waals surface area contributed by atoms with E-state index in [9.17, 15) is 0 Å². The van der Waals surface area contributed by atoms with Crippen molar-refractivity contribution in [3.05, 3.63) is 77.9 Å². The van der Waals surface area contributed by atoms with Crippen molar-refractivity contribution in [3.8, 4) is 17.2 Å². The zero-order valence-corrected chi connectivity index (χ0v) is 16.2. The second-order valence-electron chi connectivity index (χ2n) is 8.11. The van der Waals surface area contributed by atoms with Crippen LogP contribution < -0.4 is 21.4 Å². The number of para-hydroxylation sites is 1. The summed E-state index contributed by atoms with van der Waals surface area (Å²) in [5, 5.41) is 2.51. The second-order valence-corrected chi connectivity index (χ2v) is 8.11. The summed E-state index contributed by atoms with van der Waals surface area (Å²) in [5.41, 5.74) is 9.50. The van der Waals surface area contributed by atoms with Gasteiger partial charge >= 0.3 is 0 Å². The van der Waals surface area contributed by atoms with Crippen LogP contribution in [0.3, 0.4) is 0 Å². The lowest BCUT2D eigenvalue weighted by Crippen LogP contribution is -2.60. The van der Waals surface area contributed by atoms with Crippen LogP contribution in [0.5, 0.6) is 11.5 Å². The van der Waals surface area contributed by atoms with Crippen LogP contribution in [0.1, 0.15) is 11.1 Å². The molecular formula is C25H17BN2O. The summed E-state index contributed by atoms with van der Waals surface area (Å²) in [6, 6.07) is 23.6. The number of hydrogen-bond donors (Lipinski definition) is 0. The number of benzene rings is 4. The molecule has 3 heterocycles. The summed E-state index contributed by atoms with van der Waals surface area (Å²) < 4.78 is 8.71. The van der Waals surface area contributed by atoms with Gasteiger partial charge in [-0.05, 0) is 65.6 Å². The SMILES string of the molecule is Cc1ccc2c(nc3n2-c2cccc4ccc5c(c24)B3c2ccccc2O5)c1C. The average molecular weight is 372 g/mol. The van der Waals surface area contributed by atoms with Gasteiger partial charge in [0.25, 0.3) is 6.71 Å². The molecule has 29 heavy (non-hydrogen) atoms. The van der Waals surface area contributed by atoms with Crippen LogP contribution in [-0.2, 0) is 0 Å². The molecule has 3 nitrogen and oxygen atoms in total. The van der Waals surface area contributed by atoms with E-state index in [2.05, 4.69) is 79.1 Å². The van der Waals surface area contributed by atoms with Gasteiger partial charge in [0.15, 0.2) is 0 Å². The summed E-state index contributed by atoms with van der Waals surface area (Å²) in [6.07, 6.45) is 0. The third kappa shape index (κ3) is 1.77. The lowest BCUT2D eigenvalue weighted by atomic mass is 9.37. The van der Waals surface area contributed by atoms with Crippen molar-refractivity contribution in [2.45, 2.75) is 13.8 Å². The Kier molecular flexibility index (Phi) is 2.70. The first-order valence-electron chi connectivity index (χ1n) is 10.0. The minimum atomic E-state index is 0.0701. The van der Waals surface area contributed by atoms with Crippen molar-refractivity contribution >= 4 is 45.2 Å². The summed E-state index contributed by atoms with van der Waals surface area (Å²) in [6.45, 7) is 4.40. The Morgan fingerprint density at radius 2 is 1.76 bits per heavy atom. The van der Waals surface area contributed by atoms with Crippen molar-refractivity contribution in [2.75, 3.05) is 0 Å². The minimum Gasteiger partial charge on any atom is -0.458 e. The Morgan fingerprint density at radius 1 is 0.862 bits per heavy atom. The van der Waals surface area contributed by atoms with E-state index >= 15 is 0 Å². The zero-order valence-electron chi connectivity index (χ0n) is 16.2. The highest BCUT2D eigenvalue weighted by Crippen LogP contribution is 2.35. The molecule has 0 spiro atoms. The van der Waals surface area contributed by atoms with Gasteiger partial charge in [-0.3, -0.25) is 0 Å². The lowest BCUT2D eigenvalue weighted by Gasteiger charge is -2.32. The Morgan fingerprint density at radius 3 is 2.69 bits per heavy atom. The monoisotopic (exact) mass is 372 g/mol. The van der Waals surface area contributed by atoms with Gasteiger partial charge in [0.1, 0.15) is 11.5 Å². The topological polar surface area (TPSA) is 27.1 Å². The smallest absolute Gasteiger partial charge is 0.296 e. The summed E-state index contributed by atoms with van der Waals surface area (Å²) in [7, 11) is 0. The van der Waals surface area contributed by atoms with Crippen LogP contribution in [0.2, 0.25) is 0 Å². The molecule has 0 aliphatic carbocycles. The van der Waals surface area contributed by atoms with E-state index in [0.717, 1.165) is 22.7 Å². The van der Waals surface area contributed by atoms with Crippen LogP contribution >= 0.6 is 0 Å². The molecule has 2 aliphatic heterocycles. The van der Waals surface area contributed by atoms with Gasteiger partial charge in [-0.1, -0.05) is 42.5 Å². The maximum atomic E-state index is 6.34. The summed E-state index contributed by atoms with van der Waals surface area (Å²) >= 11 is 0. The third-order valence-electron chi connectivity index (χ3n) is 6.64. The predicted molar refractivity (Wildman–Crippen MR) is 119 cm³/mol. The van der Waals surface area contributed by atoms with Crippen molar-refractivity contribution < 1.29 is 4.74 Å². The molecule has 0 bridgehead atoms. The summed E-state index contributed by atoms with van der Waals surface area (Å²) in [5.74, 6) is 1.87. The van der Waals surface area contributed by atoms with E-state index in [4.69, 9.17) is 9.72 Å². The average Bonchev–Trinajstić information content (AvgIpc) is 3.15. The van der Waals surface area contributed by atoms with Gasteiger partial charge in [-0.15, -0.1) is 0 Å². The number of hydrogen-bond acceptors (Lipinski definition) is 2. The van der Waals surface area contributed by atoms with Gasteiger partial charge in [0, 0.05) is 5.39 Å². The maximum absolute atomic E-state index is 6.34. The molecule has 0 saturated carbocycles. The third-order valence-corrected chi connectivity index (χ3v) is 6.64. The van der Waals surface area contributed by atoms with E-state index in [0.29, 0.717) is 0 Å². The quantitative estimate of drug-likeness (QED) is 0.380. The van der Waals surface area contributed by atoms with E-state index in [1.54, 1.807) is 0 Å². The first-order valence-corrected chi connectivity index (χ1v) is 10.0. The fraction of sp³-hybridized carbons (Fsp3) is 0.0800. The molecule has 7 rings (SSSR count). The predicted octanol–water partition coefficient (Wildman–Crippen LogP) is 3.73. The van der Waals surface area contributed by atoms with Gasteiger partial charge in [-0.2, -0.15) is 0 Å². The Hall–Kier alpha value is -3.53. The Bertz CT molecular complexity index is 1520. The van der Waals surface area contributed by atoms with Gasteiger partial charge in [-0.25, -0.2) is 4.98 Å². The van der Waals surface area contributed by atoms with E-state index < -0.39 is 0 Å². The van der Waals surface area contributed by atoms with Crippen LogP contribution in [0, 0.1) is 13.8 Å². The number of nitrogens with zero attached hydrogens (tertiary/aromatic N) is 2. The molecule has 5 aromatic rings. The first kappa shape index (κ1) is 15.4. The van der Waals surface area contributed by atoms with E-state index in [-0.39, 0.29) is 6.71 Å². The van der Waals surface area contributed by atoms with Crippen molar-refractivity contribution in [1.29, 1.82) is 0 Å². The number of imidazole rings is 1. The zero-order chi connectivity index (χ0) is 19.3. The normalized spacial score (nSPS) is 13.4. The van der Waals surface area contributed by atoms with Crippen molar-refractivity contribution in [1.82, 2.24) is 9.55 Å². The number of aryl methyl sites for hydroxylation is 2. The molecule has 0 atom stereocenters. The van der Waals surface area contributed by atoms with Crippen LogP contribution in [-0.4, -0.2) is 16.3 Å². The van der Waals surface area contributed by atoms with Crippen molar-refractivity contribution in [2.24, 2.45) is 0 Å². The number of aromatic nitrogens is 2. The molecule has 0 saturated heterocycles. The molecule has 2 aliphatic rings. The fourth-order valence-corrected chi connectivity index (χ4v) is 5.13. The van der Waals surface area contributed by atoms with Gasteiger partial charge in [0.05, 0.1) is 22.4 Å². The van der Waals surface area contributed by atoms with Crippen molar-refractivity contribution in [3.63, 3.8) is 0 Å². The number of ether oxygens (including phenoxy) is 1. The molecule has 136 valence electrons. The molecule has 1 aromatic heterocycles. The van der Waals surface area contributed by atoms with Crippen LogP contribution in [0.15, 0.2) is 66.7 Å². The second kappa shape index (κ2) is 5.09. The van der Waals surface area contributed by atoms with Gasteiger partial charge < -0.3 is 9.30 Å². The van der Waals surface area contributed by atoms with Crippen LogP contribution in [0.25, 0.3) is 27.5 Å². The molecule has 4 heteroatoms. The fourth-order valence-electron chi connectivity index (χ4n) is 5.13. The molecule has 4 aromatic carbocycles. The maximum Gasteiger partial charge on any atom is 0.296 e. The highest BCUT2D eigenvalue weighted by Gasteiger charge is 2.41. The van der Waals surface area contributed by atoms with E-state index in [1.807, 2.05) is 6.07 Å². The standard InChI is InChI=1S/C25H17BN2O/c1-14-10-12-19-24(15(14)2)27-25-26-17-7-3-4-9-20(17)29-21-13-11-16-6-5-8-18(28(19)25)22(16)23(21)26/h3-13H,1-2H3. The lowest BCUT2D eigenvalue weighted by molar-refractivity contribution is 0.488. The molecule has 0 amide bonds. The highest BCUT2D eigenvalue weighted by molar-refractivity contribution is 6.98. The first-order chi connectivity index (χ1) is 14.2. The van der Waals surface area contributed by atoms with Crippen LogP contribution in [0.4, 0.5) is 0 Å². The highest BCUT2D eigenvalue weighted by atomic mass is 16.5. The summed E-state index contributed by atoms with van der Waals surface area (Å²) in [4.78, 5) is 5.23. The van der Waals surface area contributed by atoms with Gasteiger partial charge in [0.2, 0.25) is 0 Å². The Labute approximate surface area is 168 Å². The largest absolute Gasteiger partial charge is 0.458 e. The Balaban J connectivity index is 1.73. The molecule has 0 N–H and O–H groups in total. The molecular weight excluding hydrogens is 355 g/mol. The van der Waals surface area contributed by atoms with E-state index in [1.165, 1.54) is 44.0 Å². The molecule has 0 radical (unpaired) electrons. The minimum absolute atomic E-state index is 0.0701. The number of fused-ring (bicyclic) bond motifs is 7. The molecule has 0 unspecified atom stereocenters.